The highest BCUT2D eigenvalue weighted by molar-refractivity contribution is 6.13. The van der Waals surface area contributed by atoms with Crippen LogP contribution in [0.3, 0.4) is 0 Å². The number of nitrogens with one attached hydrogen (secondary N) is 1. The van der Waals surface area contributed by atoms with Crippen LogP contribution in [0.5, 0.6) is 0 Å². The van der Waals surface area contributed by atoms with Crippen LogP contribution in [0.15, 0.2) is 162 Å². The zero-order valence-electron chi connectivity index (χ0n) is 26.2. The van der Waals surface area contributed by atoms with E-state index >= 15 is 0 Å². The average Bonchev–Trinajstić information content (AvgIpc) is 3.76. The first-order chi connectivity index (χ1) is 23.2. The molecule has 0 bridgehead atoms. The number of fused-ring (bicyclic) bond motifs is 5. The maximum Gasteiger partial charge on any atom is 0.159 e. The van der Waals surface area contributed by atoms with Crippen molar-refractivity contribution in [3.05, 3.63) is 179 Å². The molecular formula is C44H35N3. The molecule has 1 aliphatic heterocycles. The smallest absolute Gasteiger partial charge is 0.159 e. The molecule has 1 atom stereocenters. The van der Waals surface area contributed by atoms with E-state index in [9.17, 15) is 0 Å². The average molecular weight is 606 g/mol. The third kappa shape index (κ3) is 4.82. The molecule has 6 aromatic carbocycles. The lowest BCUT2D eigenvalue weighted by molar-refractivity contribution is 0.550. The van der Waals surface area contributed by atoms with Crippen molar-refractivity contribution in [3.63, 3.8) is 0 Å². The summed E-state index contributed by atoms with van der Waals surface area (Å²) < 4.78 is 0. The Morgan fingerprint density at radius 1 is 0.489 bits per heavy atom. The monoisotopic (exact) mass is 605 g/mol. The summed E-state index contributed by atoms with van der Waals surface area (Å²) in [7, 11) is 0. The van der Waals surface area contributed by atoms with Crippen molar-refractivity contribution in [1.82, 2.24) is 5.32 Å². The summed E-state index contributed by atoms with van der Waals surface area (Å²) >= 11 is 0. The van der Waals surface area contributed by atoms with E-state index in [0.717, 1.165) is 33.9 Å². The molecule has 2 aliphatic carbocycles. The molecule has 6 aromatic rings. The molecule has 47 heavy (non-hydrogen) atoms. The van der Waals surface area contributed by atoms with Gasteiger partial charge >= 0.3 is 0 Å². The Bertz CT molecular complexity index is 2170. The summed E-state index contributed by atoms with van der Waals surface area (Å²) in [5, 5.41) is 3.72. The van der Waals surface area contributed by atoms with Gasteiger partial charge in [0.1, 0.15) is 12.0 Å². The normalized spacial score (nSPS) is 17.4. The predicted octanol–water partition coefficient (Wildman–Crippen LogP) is 10.4. The lowest BCUT2D eigenvalue weighted by Gasteiger charge is -2.27. The Labute approximate surface area is 276 Å². The number of hydrogen-bond donors (Lipinski definition) is 1. The molecule has 226 valence electrons. The van der Waals surface area contributed by atoms with Gasteiger partial charge in [-0.25, -0.2) is 9.98 Å². The van der Waals surface area contributed by atoms with Gasteiger partial charge in [-0.05, 0) is 81.1 Å². The maximum absolute atomic E-state index is 5.32. The third-order valence-electron chi connectivity index (χ3n) is 10.3. The van der Waals surface area contributed by atoms with Crippen molar-refractivity contribution >= 4 is 11.7 Å². The molecule has 1 N–H and O–H groups in total. The minimum atomic E-state index is -0.285. The van der Waals surface area contributed by atoms with Gasteiger partial charge in [0, 0.05) is 16.5 Å². The van der Waals surface area contributed by atoms with Crippen LogP contribution in [0.1, 0.15) is 59.7 Å². The lowest BCUT2D eigenvalue weighted by atomic mass is 9.76. The van der Waals surface area contributed by atoms with Crippen LogP contribution < -0.4 is 5.32 Å². The van der Waals surface area contributed by atoms with Crippen molar-refractivity contribution in [2.24, 2.45) is 9.98 Å². The van der Waals surface area contributed by atoms with E-state index in [0.29, 0.717) is 0 Å². The van der Waals surface area contributed by atoms with Crippen LogP contribution in [-0.4, -0.2) is 11.7 Å². The minimum absolute atomic E-state index is 0.0926. The number of aliphatic imine (C=N–C) groups is 2. The topological polar surface area (TPSA) is 36.8 Å². The quantitative estimate of drug-likeness (QED) is 0.209. The fourth-order valence-corrected chi connectivity index (χ4v) is 8.00. The summed E-state index contributed by atoms with van der Waals surface area (Å²) in [6.45, 7) is 0. The van der Waals surface area contributed by atoms with E-state index in [-0.39, 0.29) is 11.6 Å². The molecule has 0 aromatic heterocycles. The highest BCUT2D eigenvalue weighted by Crippen LogP contribution is 2.56. The Morgan fingerprint density at radius 2 is 1.11 bits per heavy atom. The van der Waals surface area contributed by atoms with Gasteiger partial charge in [0.25, 0.3) is 0 Å². The van der Waals surface area contributed by atoms with Crippen LogP contribution in [0.2, 0.25) is 0 Å². The van der Waals surface area contributed by atoms with Gasteiger partial charge in [0.05, 0.1) is 0 Å². The van der Waals surface area contributed by atoms with Crippen molar-refractivity contribution in [2.75, 3.05) is 0 Å². The van der Waals surface area contributed by atoms with E-state index in [1.807, 2.05) is 0 Å². The molecule has 3 nitrogen and oxygen atoms in total. The van der Waals surface area contributed by atoms with Crippen LogP contribution in [0, 0.1) is 0 Å². The van der Waals surface area contributed by atoms with E-state index in [4.69, 9.17) is 9.98 Å². The first kappa shape index (κ1) is 27.7. The van der Waals surface area contributed by atoms with Crippen LogP contribution in [-0.2, 0) is 5.41 Å². The van der Waals surface area contributed by atoms with E-state index < -0.39 is 0 Å². The van der Waals surface area contributed by atoms with Gasteiger partial charge in [-0.2, -0.15) is 0 Å². The summed E-state index contributed by atoms with van der Waals surface area (Å²) in [5.74, 6) is 1.60. The van der Waals surface area contributed by atoms with Gasteiger partial charge in [0.2, 0.25) is 0 Å². The summed E-state index contributed by atoms with van der Waals surface area (Å²) in [5.41, 5.74) is 13.7. The first-order valence-corrected chi connectivity index (χ1v) is 16.7. The lowest BCUT2D eigenvalue weighted by Crippen LogP contribution is -2.33. The molecule has 1 heterocycles. The van der Waals surface area contributed by atoms with Crippen LogP contribution in [0.25, 0.3) is 33.4 Å². The standard InChI is InChI=1S/C44H35N3/c1-3-13-30(14-4-1)32-17-11-19-34(27-32)41-45-42(35-20-12-18-33(28-35)31-15-5-2-6-16-31)47-43(46-41)36-23-24-38-37-21-7-8-22-39(37)44(40(38)29-36)25-9-10-26-44/h1-8,11-24,27-29,41H,9-10,25-26H2,(H,45,46,47). The zero-order chi connectivity index (χ0) is 31.2. The van der Waals surface area contributed by atoms with Crippen molar-refractivity contribution < 1.29 is 0 Å². The summed E-state index contributed by atoms with van der Waals surface area (Å²) in [6, 6.07) is 54.5. The minimum Gasteiger partial charge on any atom is -0.344 e. The molecule has 0 amide bonds. The summed E-state index contributed by atoms with van der Waals surface area (Å²) in [6.07, 6.45) is 4.65. The maximum atomic E-state index is 5.32. The number of amidine groups is 2. The van der Waals surface area contributed by atoms with Crippen molar-refractivity contribution in [3.8, 4) is 33.4 Å². The third-order valence-corrected chi connectivity index (χ3v) is 10.3. The highest BCUT2D eigenvalue weighted by atomic mass is 15.2. The van der Waals surface area contributed by atoms with Crippen molar-refractivity contribution in [1.29, 1.82) is 0 Å². The second kappa shape index (κ2) is 11.4. The van der Waals surface area contributed by atoms with E-state index in [1.54, 1.807) is 0 Å². The van der Waals surface area contributed by atoms with Gasteiger partial charge in [-0.3, -0.25) is 0 Å². The second-order valence-corrected chi connectivity index (χ2v) is 13.0. The summed E-state index contributed by atoms with van der Waals surface area (Å²) in [4.78, 5) is 10.6. The molecular weight excluding hydrogens is 571 g/mol. The van der Waals surface area contributed by atoms with Gasteiger partial charge < -0.3 is 5.32 Å². The van der Waals surface area contributed by atoms with Gasteiger partial charge in [-0.15, -0.1) is 0 Å². The van der Waals surface area contributed by atoms with E-state index in [2.05, 4.69) is 157 Å². The molecule has 1 unspecified atom stereocenters. The SMILES string of the molecule is c1ccc(-c2cccc(C3=NC(c4ccc5c(c4)C4(CCCC4)c4ccccc4-5)=NC(c4cccc(-c5ccccc5)c4)N3)c2)cc1. The molecule has 1 fully saturated rings. The predicted molar refractivity (Wildman–Crippen MR) is 194 cm³/mol. The molecule has 9 rings (SSSR count). The van der Waals surface area contributed by atoms with Crippen molar-refractivity contribution in [2.45, 2.75) is 37.3 Å². The van der Waals surface area contributed by atoms with Gasteiger partial charge in [-0.1, -0.05) is 146 Å². The first-order valence-electron chi connectivity index (χ1n) is 16.7. The Morgan fingerprint density at radius 3 is 1.87 bits per heavy atom. The van der Waals surface area contributed by atoms with Crippen LogP contribution in [0.4, 0.5) is 0 Å². The fraction of sp³-hybridized carbons (Fsp3) is 0.136. The Hall–Kier alpha value is -5.54. The number of rotatable bonds is 5. The van der Waals surface area contributed by atoms with Crippen LogP contribution >= 0.6 is 0 Å². The molecule has 1 saturated carbocycles. The highest BCUT2D eigenvalue weighted by Gasteiger charge is 2.45. The number of hydrogen-bond acceptors (Lipinski definition) is 3. The zero-order valence-corrected chi connectivity index (χ0v) is 26.2. The Kier molecular flexibility index (Phi) is 6.71. The second-order valence-electron chi connectivity index (χ2n) is 13.0. The largest absolute Gasteiger partial charge is 0.344 e. The number of benzene rings is 6. The Balaban J connectivity index is 1.17. The van der Waals surface area contributed by atoms with Gasteiger partial charge in [0.15, 0.2) is 5.84 Å². The molecule has 1 spiro atoms. The molecule has 0 radical (unpaired) electrons. The molecule has 3 aliphatic rings. The molecule has 3 heteroatoms. The number of nitrogens with zero attached hydrogens (tertiary/aromatic N) is 2. The fourth-order valence-electron chi connectivity index (χ4n) is 8.00. The van der Waals surface area contributed by atoms with E-state index in [1.165, 1.54) is 64.6 Å². The molecule has 0 saturated heterocycles.